The SMILES string of the molecule is CCOP(=O)(CNC(=O)C(C(C)C)N(Cc1ccccc1)C(=O)CNC=O)OCC. The van der Waals surface area contributed by atoms with Gasteiger partial charge in [-0.1, -0.05) is 44.2 Å². The predicted molar refractivity (Wildman–Crippen MR) is 114 cm³/mol. The molecule has 1 aromatic rings. The molecule has 0 spiro atoms. The van der Waals surface area contributed by atoms with Crippen LogP contribution in [0.3, 0.4) is 0 Å². The molecule has 30 heavy (non-hydrogen) atoms. The van der Waals surface area contributed by atoms with Gasteiger partial charge in [0.1, 0.15) is 12.3 Å². The maximum absolute atomic E-state index is 13.0. The Morgan fingerprint density at radius 1 is 1.13 bits per heavy atom. The van der Waals surface area contributed by atoms with Crippen molar-refractivity contribution >= 4 is 25.8 Å². The molecule has 168 valence electrons. The molecule has 0 saturated carbocycles. The van der Waals surface area contributed by atoms with Gasteiger partial charge in [-0.05, 0) is 25.3 Å². The smallest absolute Gasteiger partial charge is 0.349 e. The lowest BCUT2D eigenvalue weighted by Crippen LogP contribution is -2.53. The molecule has 0 aliphatic rings. The van der Waals surface area contributed by atoms with E-state index in [2.05, 4.69) is 10.6 Å². The maximum Gasteiger partial charge on any atom is 0.349 e. The molecule has 9 nitrogen and oxygen atoms in total. The first-order chi connectivity index (χ1) is 14.3. The third kappa shape index (κ3) is 8.26. The summed E-state index contributed by atoms with van der Waals surface area (Å²) in [6.07, 6.45) is 0.139. The molecule has 3 amide bonds. The summed E-state index contributed by atoms with van der Waals surface area (Å²) in [4.78, 5) is 37.9. The highest BCUT2D eigenvalue weighted by Crippen LogP contribution is 2.46. The number of amides is 3. The van der Waals surface area contributed by atoms with Crippen molar-refractivity contribution in [2.24, 2.45) is 5.92 Å². The third-order valence-corrected chi connectivity index (χ3v) is 6.04. The van der Waals surface area contributed by atoms with Crippen molar-refractivity contribution in [3.63, 3.8) is 0 Å². The standard InChI is InChI=1S/C20H32N3O6P/c1-5-28-30(27,29-6-2)15-22-20(26)19(16(3)4)23(18(25)12-21-14-24)13-17-10-8-7-9-11-17/h7-11,14,16,19H,5-6,12-13,15H2,1-4H3,(H,21,24)(H,22,26). The fraction of sp³-hybridized carbons (Fsp3) is 0.550. The zero-order valence-electron chi connectivity index (χ0n) is 18.0. The number of nitrogens with one attached hydrogen (secondary N) is 2. The van der Waals surface area contributed by atoms with Crippen molar-refractivity contribution in [3.8, 4) is 0 Å². The van der Waals surface area contributed by atoms with Gasteiger partial charge in [0.05, 0.1) is 19.8 Å². The van der Waals surface area contributed by atoms with Gasteiger partial charge in [-0.2, -0.15) is 0 Å². The zero-order chi connectivity index (χ0) is 22.6. The Hall–Kier alpha value is -2.22. The molecule has 0 aliphatic heterocycles. The second kappa shape index (κ2) is 13.2. The summed E-state index contributed by atoms with van der Waals surface area (Å²) in [5, 5.41) is 4.96. The van der Waals surface area contributed by atoms with Crippen LogP contribution in [-0.2, 0) is 34.5 Å². The molecule has 1 atom stereocenters. The number of benzene rings is 1. The molecule has 1 rings (SSSR count). The highest BCUT2D eigenvalue weighted by molar-refractivity contribution is 7.53. The van der Waals surface area contributed by atoms with Crippen molar-refractivity contribution < 1.29 is 28.0 Å². The minimum Gasteiger partial charge on any atom is -0.350 e. The number of nitrogens with zero attached hydrogens (tertiary/aromatic N) is 1. The van der Waals surface area contributed by atoms with E-state index < -0.39 is 25.5 Å². The Morgan fingerprint density at radius 2 is 1.73 bits per heavy atom. The summed E-state index contributed by atoms with van der Waals surface area (Å²) in [5.41, 5.74) is 0.838. The molecule has 0 radical (unpaired) electrons. The van der Waals surface area contributed by atoms with E-state index in [1.54, 1.807) is 13.8 Å². The summed E-state index contributed by atoms with van der Waals surface area (Å²) < 4.78 is 23.1. The van der Waals surface area contributed by atoms with Gasteiger partial charge in [-0.3, -0.25) is 18.9 Å². The van der Waals surface area contributed by atoms with E-state index in [1.165, 1.54) is 4.90 Å². The van der Waals surface area contributed by atoms with Crippen LogP contribution in [0.25, 0.3) is 0 Å². The molecule has 0 saturated heterocycles. The molecule has 2 N–H and O–H groups in total. The molecule has 0 heterocycles. The lowest BCUT2D eigenvalue weighted by atomic mass is 10.0. The summed E-state index contributed by atoms with van der Waals surface area (Å²) in [7, 11) is -3.48. The van der Waals surface area contributed by atoms with Gasteiger partial charge < -0.3 is 24.6 Å². The van der Waals surface area contributed by atoms with Gasteiger partial charge in [0, 0.05) is 6.54 Å². The van der Waals surface area contributed by atoms with Gasteiger partial charge in [0.25, 0.3) is 0 Å². The Bertz CT molecular complexity index is 719. The normalized spacial score (nSPS) is 12.3. The van der Waals surface area contributed by atoms with Crippen LogP contribution >= 0.6 is 7.60 Å². The van der Waals surface area contributed by atoms with Gasteiger partial charge in [0.15, 0.2) is 0 Å². The average Bonchev–Trinajstić information content (AvgIpc) is 2.71. The van der Waals surface area contributed by atoms with Crippen LogP contribution in [0.1, 0.15) is 33.3 Å². The monoisotopic (exact) mass is 441 g/mol. The van der Waals surface area contributed by atoms with Crippen LogP contribution < -0.4 is 10.6 Å². The molecule has 10 heteroatoms. The van der Waals surface area contributed by atoms with Crippen LogP contribution in [0.2, 0.25) is 0 Å². The lowest BCUT2D eigenvalue weighted by molar-refractivity contribution is -0.142. The highest BCUT2D eigenvalue weighted by atomic mass is 31.2. The zero-order valence-corrected chi connectivity index (χ0v) is 18.9. The van der Waals surface area contributed by atoms with Crippen LogP contribution in [0, 0.1) is 5.92 Å². The van der Waals surface area contributed by atoms with Crippen LogP contribution in [0.4, 0.5) is 0 Å². The van der Waals surface area contributed by atoms with E-state index in [9.17, 15) is 18.9 Å². The van der Waals surface area contributed by atoms with E-state index in [0.717, 1.165) is 5.56 Å². The Kier molecular flexibility index (Phi) is 11.3. The second-order valence-electron chi connectivity index (χ2n) is 6.84. The second-order valence-corrected chi connectivity index (χ2v) is 8.89. The minimum atomic E-state index is -3.48. The van der Waals surface area contributed by atoms with Gasteiger partial charge >= 0.3 is 7.60 Å². The minimum absolute atomic E-state index is 0.177. The number of carbonyl (C=O) groups excluding carboxylic acids is 3. The van der Waals surface area contributed by atoms with E-state index in [0.29, 0.717) is 6.41 Å². The van der Waals surface area contributed by atoms with Gasteiger partial charge in [-0.15, -0.1) is 0 Å². The molecule has 1 aromatic carbocycles. The first kappa shape index (κ1) is 25.8. The molecule has 0 fully saturated rings. The van der Waals surface area contributed by atoms with E-state index in [-0.39, 0.29) is 38.5 Å². The van der Waals surface area contributed by atoms with Crippen LogP contribution in [-0.4, -0.2) is 55.2 Å². The van der Waals surface area contributed by atoms with E-state index >= 15 is 0 Å². The number of hydrogen-bond acceptors (Lipinski definition) is 6. The quantitative estimate of drug-likeness (QED) is 0.338. The van der Waals surface area contributed by atoms with Crippen molar-refractivity contribution in [2.45, 2.75) is 40.3 Å². The largest absolute Gasteiger partial charge is 0.350 e. The van der Waals surface area contributed by atoms with Crippen molar-refractivity contribution in [3.05, 3.63) is 35.9 Å². The Balaban J connectivity index is 3.07. The molecule has 0 aliphatic carbocycles. The summed E-state index contributed by atoms with van der Waals surface area (Å²) in [6, 6.07) is 8.39. The predicted octanol–water partition coefficient (Wildman–Crippen LogP) is 2.13. The van der Waals surface area contributed by atoms with Crippen molar-refractivity contribution in [1.82, 2.24) is 15.5 Å². The first-order valence-electron chi connectivity index (χ1n) is 9.94. The first-order valence-corrected chi connectivity index (χ1v) is 11.7. The maximum atomic E-state index is 13.0. The number of carbonyl (C=O) groups is 3. The molecule has 0 bridgehead atoms. The molecular weight excluding hydrogens is 409 g/mol. The fourth-order valence-electron chi connectivity index (χ4n) is 2.96. The number of hydrogen-bond donors (Lipinski definition) is 2. The van der Waals surface area contributed by atoms with Crippen molar-refractivity contribution in [2.75, 3.05) is 26.0 Å². The van der Waals surface area contributed by atoms with Crippen LogP contribution in [0.5, 0.6) is 0 Å². The summed E-state index contributed by atoms with van der Waals surface area (Å²) in [5.74, 6) is -1.12. The van der Waals surface area contributed by atoms with Crippen molar-refractivity contribution in [1.29, 1.82) is 0 Å². The summed E-state index contributed by atoms with van der Waals surface area (Å²) in [6.45, 7) is 7.30. The number of rotatable bonds is 14. The Labute approximate surface area is 178 Å². The van der Waals surface area contributed by atoms with E-state index in [1.807, 2.05) is 44.2 Å². The van der Waals surface area contributed by atoms with Gasteiger partial charge in [0.2, 0.25) is 18.2 Å². The third-order valence-electron chi connectivity index (χ3n) is 4.19. The van der Waals surface area contributed by atoms with Gasteiger partial charge in [-0.25, -0.2) is 0 Å². The average molecular weight is 441 g/mol. The summed E-state index contributed by atoms with van der Waals surface area (Å²) >= 11 is 0. The van der Waals surface area contributed by atoms with Crippen LogP contribution in [0.15, 0.2) is 30.3 Å². The Morgan fingerprint density at radius 3 is 2.23 bits per heavy atom. The molecule has 0 aromatic heterocycles. The fourth-order valence-corrected chi connectivity index (χ4v) is 4.35. The topological polar surface area (TPSA) is 114 Å². The highest BCUT2D eigenvalue weighted by Gasteiger charge is 2.34. The van der Waals surface area contributed by atoms with E-state index in [4.69, 9.17) is 9.05 Å². The molecule has 1 unspecified atom stereocenters. The lowest BCUT2D eigenvalue weighted by Gasteiger charge is -2.34. The molecular formula is C20H32N3O6P.